The molecule has 0 saturated carbocycles. The Kier molecular flexibility index (Phi) is 2.91. The summed E-state index contributed by atoms with van der Waals surface area (Å²) >= 11 is 3.50. The lowest BCUT2D eigenvalue weighted by Gasteiger charge is -2.21. The highest BCUT2D eigenvalue weighted by atomic mass is 79.9. The second kappa shape index (κ2) is 4.01. The van der Waals surface area contributed by atoms with Crippen molar-refractivity contribution in [3.05, 3.63) is 33.8 Å². The summed E-state index contributed by atoms with van der Waals surface area (Å²) in [7, 11) is 0. The highest BCUT2D eigenvalue weighted by Crippen LogP contribution is 2.26. The number of hydrogen-bond acceptors (Lipinski definition) is 2. The summed E-state index contributed by atoms with van der Waals surface area (Å²) in [4.78, 5) is 2.41. The highest BCUT2D eigenvalue weighted by Gasteiger charge is 2.22. The fourth-order valence-corrected chi connectivity index (χ4v) is 2.26. The van der Waals surface area contributed by atoms with Gasteiger partial charge in [0.05, 0.1) is 0 Å². The van der Waals surface area contributed by atoms with Crippen molar-refractivity contribution in [3.63, 3.8) is 0 Å². The van der Waals surface area contributed by atoms with Gasteiger partial charge < -0.3 is 5.73 Å². The molecule has 76 valence electrons. The first-order valence-electron chi connectivity index (χ1n) is 4.92. The SMILES string of the molecule is CC(CN)N1Cc2ccc(Br)cc2C1. The van der Waals surface area contributed by atoms with Crippen LogP contribution in [0, 0.1) is 0 Å². The van der Waals surface area contributed by atoms with E-state index in [-0.39, 0.29) is 0 Å². The maximum Gasteiger partial charge on any atom is 0.0244 e. The minimum absolute atomic E-state index is 0.473. The molecule has 1 aromatic carbocycles. The van der Waals surface area contributed by atoms with Gasteiger partial charge in [-0.3, -0.25) is 4.90 Å². The fraction of sp³-hybridized carbons (Fsp3) is 0.455. The van der Waals surface area contributed by atoms with Gasteiger partial charge in [-0.25, -0.2) is 0 Å². The molecule has 0 saturated heterocycles. The largest absolute Gasteiger partial charge is 0.329 e. The zero-order chi connectivity index (χ0) is 10.1. The molecule has 1 aromatic rings. The third-order valence-electron chi connectivity index (χ3n) is 2.88. The van der Waals surface area contributed by atoms with E-state index in [2.05, 4.69) is 46.0 Å². The van der Waals surface area contributed by atoms with Gasteiger partial charge in [0.2, 0.25) is 0 Å². The molecular weight excluding hydrogens is 240 g/mol. The average molecular weight is 255 g/mol. The van der Waals surface area contributed by atoms with E-state index in [1.807, 2.05) is 0 Å². The molecule has 0 bridgehead atoms. The quantitative estimate of drug-likeness (QED) is 0.877. The Morgan fingerprint density at radius 1 is 1.43 bits per heavy atom. The molecule has 0 radical (unpaired) electrons. The van der Waals surface area contributed by atoms with Crippen LogP contribution in [0.5, 0.6) is 0 Å². The van der Waals surface area contributed by atoms with Gasteiger partial charge in [0.15, 0.2) is 0 Å². The Bertz CT molecular complexity index is 338. The number of hydrogen-bond donors (Lipinski definition) is 1. The van der Waals surface area contributed by atoms with Crippen molar-refractivity contribution in [1.29, 1.82) is 0 Å². The molecule has 2 nitrogen and oxygen atoms in total. The van der Waals surface area contributed by atoms with Crippen LogP contribution in [0.15, 0.2) is 22.7 Å². The van der Waals surface area contributed by atoms with E-state index < -0.39 is 0 Å². The second-order valence-electron chi connectivity index (χ2n) is 3.90. The van der Waals surface area contributed by atoms with Crippen LogP contribution in [0.3, 0.4) is 0 Å². The predicted octanol–water partition coefficient (Wildman–Crippen LogP) is 2.11. The minimum atomic E-state index is 0.473. The molecule has 1 aliphatic heterocycles. The van der Waals surface area contributed by atoms with Crippen LogP contribution in [0.2, 0.25) is 0 Å². The lowest BCUT2D eigenvalue weighted by molar-refractivity contribution is 0.218. The third-order valence-corrected chi connectivity index (χ3v) is 3.37. The summed E-state index contributed by atoms with van der Waals surface area (Å²) in [5.41, 5.74) is 8.53. The van der Waals surface area contributed by atoms with Crippen molar-refractivity contribution in [2.45, 2.75) is 26.1 Å². The average Bonchev–Trinajstić information content (AvgIpc) is 2.59. The molecule has 1 unspecified atom stereocenters. The van der Waals surface area contributed by atoms with Crippen LogP contribution < -0.4 is 5.73 Å². The number of rotatable bonds is 2. The molecule has 0 spiro atoms. The van der Waals surface area contributed by atoms with Gasteiger partial charge in [-0.2, -0.15) is 0 Å². The maximum atomic E-state index is 5.67. The van der Waals surface area contributed by atoms with Crippen molar-refractivity contribution in [2.24, 2.45) is 5.73 Å². The van der Waals surface area contributed by atoms with Crippen molar-refractivity contribution in [2.75, 3.05) is 6.54 Å². The molecule has 1 atom stereocenters. The number of halogens is 1. The number of fused-ring (bicyclic) bond motifs is 1. The second-order valence-corrected chi connectivity index (χ2v) is 4.82. The maximum absolute atomic E-state index is 5.67. The van der Waals surface area contributed by atoms with Crippen molar-refractivity contribution < 1.29 is 0 Å². The van der Waals surface area contributed by atoms with Crippen LogP contribution in [-0.2, 0) is 13.1 Å². The van der Waals surface area contributed by atoms with E-state index in [1.165, 1.54) is 15.6 Å². The lowest BCUT2D eigenvalue weighted by atomic mass is 10.1. The summed E-state index contributed by atoms with van der Waals surface area (Å²) in [5, 5.41) is 0. The van der Waals surface area contributed by atoms with E-state index in [1.54, 1.807) is 0 Å². The van der Waals surface area contributed by atoms with Gasteiger partial charge in [-0.1, -0.05) is 22.0 Å². The van der Waals surface area contributed by atoms with Crippen molar-refractivity contribution in [3.8, 4) is 0 Å². The van der Waals surface area contributed by atoms with Crippen molar-refractivity contribution in [1.82, 2.24) is 4.90 Å². The molecule has 14 heavy (non-hydrogen) atoms. The molecule has 1 heterocycles. The molecule has 0 aromatic heterocycles. The molecule has 0 aliphatic carbocycles. The first-order valence-corrected chi connectivity index (χ1v) is 5.71. The number of benzene rings is 1. The van der Waals surface area contributed by atoms with E-state index in [4.69, 9.17) is 5.73 Å². The topological polar surface area (TPSA) is 29.3 Å². The number of nitrogens with two attached hydrogens (primary N) is 1. The Morgan fingerprint density at radius 3 is 2.86 bits per heavy atom. The molecule has 0 amide bonds. The predicted molar refractivity (Wildman–Crippen MR) is 61.9 cm³/mol. The van der Waals surface area contributed by atoms with E-state index in [9.17, 15) is 0 Å². The summed E-state index contributed by atoms with van der Waals surface area (Å²) in [6.07, 6.45) is 0. The standard InChI is InChI=1S/C11H15BrN2/c1-8(5-13)14-6-9-2-3-11(12)4-10(9)7-14/h2-4,8H,5-7,13H2,1H3. The van der Waals surface area contributed by atoms with E-state index in [0.717, 1.165) is 19.6 Å². The summed E-state index contributed by atoms with van der Waals surface area (Å²) in [5.74, 6) is 0. The van der Waals surface area contributed by atoms with E-state index in [0.29, 0.717) is 6.04 Å². The normalized spacial score (nSPS) is 18.2. The summed E-state index contributed by atoms with van der Waals surface area (Å²) in [6, 6.07) is 6.98. The zero-order valence-electron chi connectivity index (χ0n) is 8.33. The number of nitrogens with zero attached hydrogens (tertiary/aromatic N) is 1. The van der Waals surface area contributed by atoms with Crippen LogP contribution in [0.1, 0.15) is 18.1 Å². The Morgan fingerprint density at radius 2 is 2.14 bits per heavy atom. The van der Waals surface area contributed by atoms with Gasteiger partial charge in [-0.15, -0.1) is 0 Å². The van der Waals surface area contributed by atoms with Crippen LogP contribution in [0.25, 0.3) is 0 Å². The Labute approximate surface area is 93.2 Å². The molecule has 0 fully saturated rings. The van der Waals surface area contributed by atoms with Gasteiger partial charge in [0.25, 0.3) is 0 Å². The molecule has 3 heteroatoms. The highest BCUT2D eigenvalue weighted by molar-refractivity contribution is 9.10. The third kappa shape index (κ3) is 1.85. The van der Waals surface area contributed by atoms with Crippen LogP contribution >= 0.6 is 15.9 Å². The van der Waals surface area contributed by atoms with Crippen LogP contribution in [0.4, 0.5) is 0 Å². The summed E-state index contributed by atoms with van der Waals surface area (Å²) < 4.78 is 1.17. The van der Waals surface area contributed by atoms with Crippen LogP contribution in [-0.4, -0.2) is 17.5 Å². The first-order chi connectivity index (χ1) is 6.70. The Hall–Kier alpha value is -0.380. The molecule has 2 rings (SSSR count). The van der Waals surface area contributed by atoms with Gasteiger partial charge in [-0.05, 0) is 30.2 Å². The smallest absolute Gasteiger partial charge is 0.0244 e. The molecule has 2 N–H and O–H groups in total. The molecule has 1 aliphatic rings. The zero-order valence-corrected chi connectivity index (χ0v) is 9.92. The molecular formula is C11H15BrN2. The minimum Gasteiger partial charge on any atom is -0.329 e. The Balaban J connectivity index is 2.17. The van der Waals surface area contributed by atoms with Crippen molar-refractivity contribution >= 4 is 15.9 Å². The van der Waals surface area contributed by atoms with Gasteiger partial charge >= 0.3 is 0 Å². The first kappa shape index (κ1) is 10.1. The summed E-state index contributed by atoms with van der Waals surface area (Å²) in [6.45, 7) is 4.99. The fourth-order valence-electron chi connectivity index (χ4n) is 1.85. The van der Waals surface area contributed by atoms with E-state index >= 15 is 0 Å². The van der Waals surface area contributed by atoms with Gasteiger partial charge in [0.1, 0.15) is 0 Å². The monoisotopic (exact) mass is 254 g/mol. The van der Waals surface area contributed by atoms with Gasteiger partial charge in [0, 0.05) is 30.1 Å². The lowest BCUT2D eigenvalue weighted by Crippen LogP contribution is -2.34.